The van der Waals surface area contributed by atoms with Gasteiger partial charge in [0, 0.05) is 0 Å². The molecular formula is C14H12O5. The van der Waals surface area contributed by atoms with Crippen molar-refractivity contribution in [2.45, 2.75) is 0 Å². The molecule has 0 bridgehead atoms. The number of hydrogen-bond donors (Lipinski definition) is 0. The Bertz CT molecular complexity index is 485. The van der Waals surface area contributed by atoms with Crippen LogP contribution in [0.3, 0.4) is 0 Å². The lowest BCUT2D eigenvalue weighted by Gasteiger charge is -2.02. The average Bonchev–Trinajstić information content (AvgIpc) is 2.46. The summed E-state index contributed by atoms with van der Waals surface area (Å²) in [6.07, 6.45) is 0. The van der Waals surface area contributed by atoms with Gasteiger partial charge in [0.2, 0.25) is 0 Å². The van der Waals surface area contributed by atoms with Crippen LogP contribution in [0.1, 0.15) is 20.7 Å². The Hall–Kier alpha value is -2.66. The van der Waals surface area contributed by atoms with Gasteiger partial charge in [0.1, 0.15) is 0 Å². The maximum atomic E-state index is 11.5. The standard InChI is InChI=1S/C14H10O4.H2O/c15-13(11-7-3-1-4-8-11)17-18-14(16)12-9-5-2-6-10-12;/h1-10H;1H2. The molecule has 5 heteroatoms. The Balaban J connectivity index is 0.00000180. The van der Waals surface area contributed by atoms with Crippen molar-refractivity contribution < 1.29 is 24.8 Å². The second kappa shape index (κ2) is 6.93. The van der Waals surface area contributed by atoms with Gasteiger partial charge in [0.05, 0.1) is 11.1 Å². The second-order valence-corrected chi connectivity index (χ2v) is 3.47. The number of rotatable bonds is 2. The van der Waals surface area contributed by atoms with Crippen molar-refractivity contribution >= 4 is 11.9 Å². The summed E-state index contributed by atoms with van der Waals surface area (Å²) in [7, 11) is 0. The molecule has 0 saturated heterocycles. The van der Waals surface area contributed by atoms with Crippen LogP contribution in [-0.4, -0.2) is 17.4 Å². The van der Waals surface area contributed by atoms with E-state index in [1.54, 1.807) is 60.7 Å². The van der Waals surface area contributed by atoms with Crippen molar-refractivity contribution in [2.75, 3.05) is 0 Å². The third kappa shape index (κ3) is 3.93. The molecule has 19 heavy (non-hydrogen) atoms. The minimum Gasteiger partial charge on any atom is -0.412 e. The Morgan fingerprint density at radius 2 is 0.947 bits per heavy atom. The molecule has 0 heterocycles. The molecule has 0 spiro atoms. The summed E-state index contributed by atoms with van der Waals surface area (Å²) in [5.41, 5.74) is 0.636. The van der Waals surface area contributed by atoms with Gasteiger partial charge in [-0.05, 0) is 24.3 Å². The molecule has 0 aliphatic heterocycles. The summed E-state index contributed by atoms with van der Waals surface area (Å²) in [4.78, 5) is 31.9. The predicted molar refractivity (Wildman–Crippen MR) is 67.3 cm³/mol. The molecule has 0 aliphatic rings. The molecule has 0 saturated carbocycles. The second-order valence-electron chi connectivity index (χ2n) is 3.47. The Labute approximate surface area is 109 Å². The van der Waals surface area contributed by atoms with Crippen LogP contribution in [0.5, 0.6) is 0 Å². The van der Waals surface area contributed by atoms with Gasteiger partial charge < -0.3 is 5.48 Å². The zero-order valence-electron chi connectivity index (χ0n) is 9.91. The molecule has 2 N–H and O–H groups in total. The minimum absolute atomic E-state index is 0. The Morgan fingerprint density at radius 3 is 1.26 bits per heavy atom. The third-order valence-corrected chi connectivity index (χ3v) is 2.21. The van der Waals surface area contributed by atoms with Crippen molar-refractivity contribution in [3.63, 3.8) is 0 Å². The van der Waals surface area contributed by atoms with E-state index >= 15 is 0 Å². The highest BCUT2D eigenvalue weighted by atomic mass is 17.2. The molecule has 0 aliphatic carbocycles. The highest BCUT2D eigenvalue weighted by Gasteiger charge is 2.12. The van der Waals surface area contributed by atoms with Crippen LogP contribution in [-0.2, 0) is 9.78 Å². The molecule has 2 aromatic rings. The van der Waals surface area contributed by atoms with Crippen molar-refractivity contribution in [1.82, 2.24) is 0 Å². The first-order valence-corrected chi connectivity index (χ1v) is 5.30. The van der Waals surface area contributed by atoms with E-state index in [4.69, 9.17) is 0 Å². The summed E-state index contributed by atoms with van der Waals surface area (Å²) in [6.45, 7) is 0. The summed E-state index contributed by atoms with van der Waals surface area (Å²) < 4.78 is 0. The lowest BCUT2D eigenvalue weighted by atomic mass is 10.2. The van der Waals surface area contributed by atoms with Gasteiger partial charge in [-0.2, -0.15) is 0 Å². The fourth-order valence-electron chi connectivity index (χ4n) is 1.32. The van der Waals surface area contributed by atoms with E-state index in [1.807, 2.05) is 0 Å². The quantitative estimate of drug-likeness (QED) is 0.608. The number of hydrogen-bond acceptors (Lipinski definition) is 4. The average molecular weight is 260 g/mol. The zero-order valence-corrected chi connectivity index (χ0v) is 9.91. The van der Waals surface area contributed by atoms with Crippen molar-refractivity contribution in [3.8, 4) is 0 Å². The van der Waals surface area contributed by atoms with E-state index in [2.05, 4.69) is 9.78 Å². The SMILES string of the molecule is O.O=C(OOC(=O)c1ccccc1)c1ccccc1. The molecule has 0 unspecified atom stereocenters. The maximum absolute atomic E-state index is 11.5. The van der Waals surface area contributed by atoms with E-state index in [1.165, 1.54) is 0 Å². The molecule has 5 nitrogen and oxygen atoms in total. The first-order valence-electron chi connectivity index (χ1n) is 5.30. The maximum Gasteiger partial charge on any atom is 0.386 e. The van der Waals surface area contributed by atoms with E-state index in [9.17, 15) is 9.59 Å². The molecule has 0 aromatic heterocycles. The summed E-state index contributed by atoms with van der Waals surface area (Å²) in [5.74, 6) is -1.42. The summed E-state index contributed by atoms with van der Waals surface area (Å²) in [5, 5.41) is 0. The first-order chi connectivity index (χ1) is 8.77. The van der Waals surface area contributed by atoms with E-state index in [0.29, 0.717) is 11.1 Å². The number of benzene rings is 2. The Morgan fingerprint density at radius 1 is 0.632 bits per heavy atom. The van der Waals surface area contributed by atoms with Gasteiger partial charge in [-0.1, -0.05) is 36.4 Å². The van der Waals surface area contributed by atoms with Crippen LogP contribution >= 0.6 is 0 Å². The number of carbonyl (C=O) groups excluding carboxylic acids is 2. The van der Waals surface area contributed by atoms with Gasteiger partial charge in [-0.15, -0.1) is 0 Å². The molecule has 0 amide bonds. The van der Waals surface area contributed by atoms with Gasteiger partial charge >= 0.3 is 11.9 Å². The smallest absolute Gasteiger partial charge is 0.386 e. The molecular weight excluding hydrogens is 248 g/mol. The van der Waals surface area contributed by atoms with Crippen LogP contribution in [0.4, 0.5) is 0 Å². The topological polar surface area (TPSA) is 84.1 Å². The molecule has 0 fully saturated rings. The lowest BCUT2D eigenvalue weighted by Crippen LogP contribution is -2.11. The van der Waals surface area contributed by atoms with Crippen LogP contribution in [0.25, 0.3) is 0 Å². The molecule has 0 atom stereocenters. The summed E-state index contributed by atoms with van der Waals surface area (Å²) >= 11 is 0. The van der Waals surface area contributed by atoms with Gasteiger partial charge in [0.25, 0.3) is 0 Å². The van der Waals surface area contributed by atoms with Crippen molar-refractivity contribution in [2.24, 2.45) is 0 Å². The fourth-order valence-corrected chi connectivity index (χ4v) is 1.32. The largest absolute Gasteiger partial charge is 0.412 e. The molecule has 0 radical (unpaired) electrons. The van der Waals surface area contributed by atoms with E-state index in [-0.39, 0.29) is 5.48 Å². The van der Waals surface area contributed by atoms with Crippen LogP contribution in [0, 0.1) is 0 Å². The molecule has 2 aromatic carbocycles. The normalized spacial score (nSPS) is 9.05. The first kappa shape index (κ1) is 14.4. The zero-order chi connectivity index (χ0) is 12.8. The Kier molecular flexibility index (Phi) is 5.25. The lowest BCUT2D eigenvalue weighted by molar-refractivity contribution is -0.187. The van der Waals surface area contributed by atoms with Crippen LogP contribution in [0.2, 0.25) is 0 Å². The van der Waals surface area contributed by atoms with Gasteiger partial charge in [-0.25, -0.2) is 19.4 Å². The van der Waals surface area contributed by atoms with Crippen molar-refractivity contribution in [1.29, 1.82) is 0 Å². The molecule has 2 rings (SSSR count). The van der Waals surface area contributed by atoms with Gasteiger partial charge in [-0.3, -0.25) is 0 Å². The third-order valence-electron chi connectivity index (χ3n) is 2.21. The highest BCUT2D eigenvalue weighted by molar-refractivity contribution is 5.92. The monoisotopic (exact) mass is 260 g/mol. The van der Waals surface area contributed by atoms with E-state index < -0.39 is 11.9 Å². The van der Waals surface area contributed by atoms with Crippen LogP contribution in [0.15, 0.2) is 60.7 Å². The van der Waals surface area contributed by atoms with Crippen LogP contribution < -0.4 is 0 Å². The van der Waals surface area contributed by atoms with Crippen molar-refractivity contribution in [3.05, 3.63) is 71.8 Å². The summed E-state index contributed by atoms with van der Waals surface area (Å²) in [6, 6.07) is 16.6. The predicted octanol–water partition coefficient (Wildman–Crippen LogP) is 1.79. The molecule has 98 valence electrons. The number of carbonyl (C=O) groups is 2. The van der Waals surface area contributed by atoms with Gasteiger partial charge in [0.15, 0.2) is 0 Å². The van der Waals surface area contributed by atoms with E-state index in [0.717, 1.165) is 0 Å². The fraction of sp³-hybridized carbons (Fsp3) is 0. The minimum atomic E-state index is -0.708. The highest BCUT2D eigenvalue weighted by Crippen LogP contribution is 2.05.